The first-order valence-corrected chi connectivity index (χ1v) is 14.5. The van der Waals surface area contributed by atoms with Crippen molar-refractivity contribution in [2.75, 3.05) is 13.7 Å². The van der Waals surface area contributed by atoms with Crippen LogP contribution in [-0.4, -0.2) is 25.5 Å². The van der Waals surface area contributed by atoms with Crippen molar-refractivity contribution in [1.82, 2.24) is 5.32 Å². The molecule has 206 valence electrons. The lowest BCUT2D eigenvalue weighted by Gasteiger charge is -2.30. The molecule has 0 spiro atoms. The number of allylic oxidation sites excluding steroid dienone is 2. The molecule has 4 aromatic carbocycles. The van der Waals surface area contributed by atoms with Crippen LogP contribution in [0.5, 0.6) is 11.5 Å². The van der Waals surface area contributed by atoms with Crippen LogP contribution in [0.2, 0.25) is 0 Å². The van der Waals surface area contributed by atoms with E-state index in [-0.39, 0.29) is 12.4 Å². The summed E-state index contributed by atoms with van der Waals surface area (Å²) in [4.78, 5) is 27.1. The van der Waals surface area contributed by atoms with Crippen LogP contribution in [0.25, 0.3) is 16.5 Å². The van der Waals surface area contributed by atoms with Crippen LogP contribution in [-0.2, 0) is 16.1 Å². The first kappa shape index (κ1) is 27.1. The Balaban J connectivity index is 1.41. The van der Waals surface area contributed by atoms with Crippen LogP contribution < -0.4 is 14.8 Å². The number of ether oxygens (including phenoxy) is 3. The van der Waals surface area contributed by atoms with Gasteiger partial charge in [0.05, 0.1) is 28.6 Å². The first-order valence-electron chi connectivity index (χ1n) is 13.4. The molecule has 0 fully saturated rings. The highest BCUT2D eigenvalue weighted by Crippen LogP contribution is 2.48. The number of rotatable bonds is 7. The van der Waals surface area contributed by atoms with E-state index in [1.165, 1.54) is 5.39 Å². The fourth-order valence-electron chi connectivity index (χ4n) is 5.67. The number of ketones is 1. The third-order valence-electron chi connectivity index (χ3n) is 7.53. The zero-order valence-electron chi connectivity index (χ0n) is 22.9. The first-order chi connectivity index (χ1) is 19.9. The average molecular weight is 658 g/mol. The van der Waals surface area contributed by atoms with Gasteiger partial charge in [-0.1, -0.05) is 60.7 Å². The summed E-state index contributed by atoms with van der Waals surface area (Å²) in [6.07, 6.45) is 0. The van der Waals surface area contributed by atoms with Gasteiger partial charge in [0.15, 0.2) is 17.3 Å². The lowest BCUT2D eigenvalue weighted by molar-refractivity contribution is -0.138. The maximum atomic E-state index is 13.8. The molecule has 7 heteroatoms. The van der Waals surface area contributed by atoms with E-state index in [1.54, 1.807) is 14.0 Å². The van der Waals surface area contributed by atoms with Crippen LogP contribution >= 0.6 is 22.6 Å². The number of carbonyl (C=O) groups is 2. The number of Topliss-reactive ketones (excluding diaryl/α,β-unsaturated/α-hetero) is 1. The van der Waals surface area contributed by atoms with Crippen molar-refractivity contribution >= 4 is 50.8 Å². The van der Waals surface area contributed by atoms with E-state index in [4.69, 9.17) is 14.2 Å². The van der Waals surface area contributed by atoms with Crippen LogP contribution in [0.3, 0.4) is 0 Å². The van der Waals surface area contributed by atoms with Gasteiger partial charge in [0, 0.05) is 28.3 Å². The molecule has 0 bridgehead atoms. The van der Waals surface area contributed by atoms with Gasteiger partial charge < -0.3 is 19.5 Å². The van der Waals surface area contributed by atoms with Crippen molar-refractivity contribution in [3.05, 3.63) is 122 Å². The minimum Gasteiger partial charge on any atom is -0.493 e. The second-order valence-corrected chi connectivity index (χ2v) is 11.1. The molecule has 2 aliphatic rings. The number of hydrogen-bond donors (Lipinski definition) is 1. The molecule has 1 atom stereocenters. The summed E-state index contributed by atoms with van der Waals surface area (Å²) in [6.45, 7) is 4.20. The molecule has 6 nitrogen and oxygen atoms in total. The Hall–Kier alpha value is -4.11. The Bertz CT molecular complexity index is 1790. The fourth-order valence-corrected chi connectivity index (χ4v) is 6.45. The summed E-state index contributed by atoms with van der Waals surface area (Å²) in [5, 5.41) is 5.66. The Morgan fingerprint density at radius 3 is 2.44 bits per heavy atom. The number of esters is 1. The lowest BCUT2D eigenvalue weighted by Crippen LogP contribution is -2.29. The quantitative estimate of drug-likeness (QED) is 0.168. The molecule has 0 amide bonds. The van der Waals surface area contributed by atoms with E-state index in [0.29, 0.717) is 40.5 Å². The zero-order valence-corrected chi connectivity index (χ0v) is 25.1. The summed E-state index contributed by atoms with van der Waals surface area (Å²) < 4.78 is 18.4. The van der Waals surface area contributed by atoms with Crippen LogP contribution in [0.4, 0.5) is 0 Å². The molecule has 1 aliphatic heterocycles. The van der Waals surface area contributed by atoms with E-state index in [0.717, 1.165) is 31.3 Å². The van der Waals surface area contributed by atoms with Crippen LogP contribution in [0.1, 0.15) is 46.8 Å². The van der Waals surface area contributed by atoms with Crippen molar-refractivity contribution < 1.29 is 23.8 Å². The lowest BCUT2D eigenvalue weighted by atomic mass is 9.79. The molecule has 0 saturated heterocycles. The van der Waals surface area contributed by atoms with E-state index in [1.807, 2.05) is 55.5 Å². The molecular formula is C34H28INO5. The fraction of sp³-hybridized carbons (Fsp3) is 0.176. The monoisotopic (exact) mass is 657 g/mol. The summed E-state index contributed by atoms with van der Waals surface area (Å²) in [5.74, 6) is -0.0664. The molecule has 0 radical (unpaired) electrons. The third-order valence-corrected chi connectivity index (χ3v) is 8.33. The Kier molecular flexibility index (Phi) is 7.30. The van der Waals surface area contributed by atoms with Gasteiger partial charge in [0.1, 0.15) is 6.61 Å². The molecule has 1 N–H and O–H groups in total. The van der Waals surface area contributed by atoms with Crippen molar-refractivity contribution in [2.45, 2.75) is 26.4 Å². The number of carbonyl (C=O) groups excluding carboxylic acids is 2. The maximum Gasteiger partial charge on any atom is 0.336 e. The largest absolute Gasteiger partial charge is 0.493 e. The summed E-state index contributed by atoms with van der Waals surface area (Å²) in [5.41, 5.74) is 5.56. The molecule has 0 saturated carbocycles. The third kappa shape index (κ3) is 4.78. The van der Waals surface area contributed by atoms with E-state index < -0.39 is 11.9 Å². The van der Waals surface area contributed by atoms with Crippen molar-refractivity contribution in [1.29, 1.82) is 0 Å². The van der Waals surface area contributed by atoms with Gasteiger partial charge in [-0.05, 0) is 76.5 Å². The second kappa shape index (κ2) is 11.0. The molecule has 41 heavy (non-hydrogen) atoms. The second-order valence-electron chi connectivity index (χ2n) is 9.98. The summed E-state index contributed by atoms with van der Waals surface area (Å²) >= 11 is 2.23. The van der Waals surface area contributed by atoms with E-state index in [9.17, 15) is 9.59 Å². The van der Waals surface area contributed by atoms with Gasteiger partial charge in [-0.25, -0.2) is 4.79 Å². The van der Waals surface area contributed by atoms with Gasteiger partial charge in [0.25, 0.3) is 0 Å². The molecule has 1 heterocycles. The van der Waals surface area contributed by atoms with Gasteiger partial charge in [-0.3, -0.25) is 4.79 Å². The zero-order chi connectivity index (χ0) is 28.7. The normalized spacial score (nSPS) is 15.9. The van der Waals surface area contributed by atoms with Gasteiger partial charge >= 0.3 is 5.97 Å². The topological polar surface area (TPSA) is 73.9 Å². The Morgan fingerprint density at radius 1 is 0.951 bits per heavy atom. The van der Waals surface area contributed by atoms with Gasteiger partial charge in [-0.15, -0.1) is 0 Å². The summed E-state index contributed by atoms with van der Waals surface area (Å²) in [6, 6.07) is 25.8. The predicted octanol–water partition coefficient (Wildman–Crippen LogP) is 7.16. The number of benzene rings is 4. The van der Waals surface area contributed by atoms with Crippen molar-refractivity contribution in [2.24, 2.45) is 0 Å². The highest BCUT2D eigenvalue weighted by atomic mass is 127. The average Bonchev–Trinajstić information content (AvgIpc) is 3.26. The van der Waals surface area contributed by atoms with Gasteiger partial charge in [-0.2, -0.15) is 0 Å². The molecule has 6 rings (SSSR count). The summed E-state index contributed by atoms with van der Waals surface area (Å²) in [7, 11) is 1.59. The molecule has 4 aromatic rings. The highest BCUT2D eigenvalue weighted by molar-refractivity contribution is 14.1. The SMILES string of the molecule is CCOC(=O)C1=C(C)NC2=C(C(=O)c3ccccc32)[C@H]1c1cc(I)c(OCc2ccc3ccccc3c2)c(OC)c1. The number of fused-ring (bicyclic) bond motifs is 3. The standard InChI is InChI=1S/C34H28INO5/c1-4-40-34(38)28-19(2)36-31-24-11-7-8-12-25(24)32(37)30(31)29(28)23-16-26(35)33(27(17-23)39-3)41-18-20-13-14-21-9-5-6-10-22(21)15-20/h5-17,29,36H,4,18H2,1-3H3/t29-/m0/s1. The molecule has 1 aliphatic carbocycles. The number of dihydropyridines is 1. The predicted molar refractivity (Wildman–Crippen MR) is 167 cm³/mol. The van der Waals surface area contributed by atoms with E-state index >= 15 is 0 Å². The maximum absolute atomic E-state index is 13.8. The van der Waals surface area contributed by atoms with E-state index in [2.05, 4.69) is 58.2 Å². The van der Waals surface area contributed by atoms with Crippen molar-refractivity contribution in [3.8, 4) is 11.5 Å². The van der Waals surface area contributed by atoms with Gasteiger partial charge in [0.2, 0.25) is 0 Å². The van der Waals surface area contributed by atoms with Crippen LogP contribution in [0.15, 0.2) is 95.7 Å². The minimum atomic E-state index is -0.637. The number of hydrogen-bond acceptors (Lipinski definition) is 6. The Morgan fingerprint density at radius 2 is 1.68 bits per heavy atom. The molecule has 0 aromatic heterocycles. The minimum absolute atomic E-state index is 0.104. The highest BCUT2D eigenvalue weighted by Gasteiger charge is 2.43. The van der Waals surface area contributed by atoms with Crippen LogP contribution in [0, 0.1) is 3.57 Å². The molecular weight excluding hydrogens is 629 g/mol. The molecule has 0 unspecified atom stereocenters. The number of methoxy groups -OCH3 is 1. The number of halogens is 1. The smallest absolute Gasteiger partial charge is 0.336 e. The van der Waals surface area contributed by atoms with Crippen molar-refractivity contribution in [3.63, 3.8) is 0 Å². The number of nitrogens with one attached hydrogen (secondary N) is 1. The Labute approximate surface area is 252 Å².